The fourth-order valence-corrected chi connectivity index (χ4v) is 0.386. The second-order valence-electron chi connectivity index (χ2n) is 2.01. The third kappa shape index (κ3) is 4.94. The zero-order chi connectivity index (χ0) is 7.28. The summed E-state index contributed by atoms with van der Waals surface area (Å²) < 4.78 is 0. The summed E-state index contributed by atoms with van der Waals surface area (Å²) >= 11 is 0. The van der Waals surface area contributed by atoms with Gasteiger partial charge in [0.15, 0.2) is 0 Å². The van der Waals surface area contributed by atoms with Gasteiger partial charge in [0.1, 0.15) is 0 Å². The highest BCUT2D eigenvalue weighted by molar-refractivity contribution is 5.02. The molecule has 0 fully saturated rings. The molecule has 2 nitrogen and oxygen atoms in total. The van der Waals surface area contributed by atoms with Crippen LogP contribution >= 0.6 is 0 Å². The molecule has 0 rings (SSSR count). The lowest BCUT2D eigenvalue weighted by molar-refractivity contribution is 0.941. The van der Waals surface area contributed by atoms with Gasteiger partial charge in [-0.25, -0.2) is 0 Å². The first kappa shape index (κ1) is 8.08. The molecule has 0 atom stereocenters. The highest BCUT2D eigenvalue weighted by atomic mass is 14.8. The van der Waals surface area contributed by atoms with Crippen molar-refractivity contribution in [2.45, 2.75) is 13.3 Å². The Morgan fingerprint density at radius 2 is 2.33 bits per heavy atom. The molecular formula is C7H14N2. The van der Waals surface area contributed by atoms with Crippen LogP contribution in [0, 0.1) is 0 Å². The molecule has 52 valence electrons. The molecule has 0 saturated carbocycles. The highest BCUT2D eigenvalue weighted by Gasteiger charge is 1.83. The van der Waals surface area contributed by atoms with Crippen LogP contribution in [0.4, 0.5) is 0 Å². The van der Waals surface area contributed by atoms with Gasteiger partial charge in [0.25, 0.3) is 0 Å². The van der Waals surface area contributed by atoms with Gasteiger partial charge in [-0.05, 0) is 6.92 Å². The standard InChI is InChI=1S/C7H14N2/c1-6(8)4-5-7(2)9-3/h4,9H,2,5,8H2,1,3H3/b6-4-. The smallest absolute Gasteiger partial charge is 0.00701 e. The highest BCUT2D eigenvalue weighted by Crippen LogP contribution is 1.94. The van der Waals surface area contributed by atoms with E-state index in [0.717, 1.165) is 17.8 Å². The van der Waals surface area contributed by atoms with E-state index in [9.17, 15) is 0 Å². The third-order valence-corrected chi connectivity index (χ3v) is 1.02. The lowest BCUT2D eigenvalue weighted by Crippen LogP contribution is -2.03. The van der Waals surface area contributed by atoms with Crippen LogP contribution in [0.25, 0.3) is 0 Å². The molecule has 0 amide bonds. The van der Waals surface area contributed by atoms with Gasteiger partial charge in [-0.1, -0.05) is 12.7 Å². The summed E-state index contributed by atoms with van der Waals surface area (Å²) in [5.74, 6) is 0. The van der Waals surface area contributed by atoms with E-state index in [4.69, 9.17) is 5.73 Å². The van der Waals surface area contributed by atoms with Crippen LogP contribution in [0.3, 0.4) is 0 Å². The summed E-state index contributed by atoms with van der Waals surface area (Å²) in [7, 11) is 1.85. The molecule has 0 aromatic rings. The average molecular weight is 126 g/mol. The van der Waals surface area contributed by atoms with Gasteiger partial charge < -0.3 is 11.1 Å². The monoisotopic (exact) mass is 126 g/mol. The second-order valence-corrected chi connectivity index (χ2v) is 2.01. The Labute approximate surface area is 56.4 Å². The predicted octanol–water partition coefficient (Wildman–Crippen LogP) is 0.972. The maximum atomic E-state index is 5.39. The zero-order valence-corrected chi connectivity index (χ0v) is 6.07. The molecule has 9 heavy (non-hydrogen) atoms. The molecule has 0 aliphatic heterocycles. The first-order valence-electron chi connectivity index (χ1n) is 2.94. The molecule has 0 aliphatic rings. The first-order valence-corrected chi connectivity index (χ1v) is 2.94. The molecule has 0 aliphatic carbocycles. The van der Waals surface area contributed by atoms with Gasteiger partial charge in [-0.2, -0.15) is 0 Å². The van der Waals surface area contributed by atoms with Crippen LogP contribution in [0.5, 0.6) is 0 Å². The molecule has 2 heteroatoms. The first-order chi connectivity index (χ1) is 4.16. The Morgan fingerprint density at radius 1 is 1.78 bits per heavy atom. The van der Waals surface area contributed by atoms with Crippen LogP contribution in [-0.4, -0.2) is 7.05 Å². The minimum Gasteiger partial charge on any atom is -0.403 e. The Morgan fingerprint density at radius 3 is 2.67 bits per heavy atom. The van der Waals surface area contributed by atoms with Crippen molar-refractivity contribution in [2.75, 3.05) is 7.05 Å². The van der Waals surface area contributed by atoms with E-state index < -0.39 is 0 Å². The molecule has 0 heterocycles. The number of hydrogen-bond donors (Lipinski definition) is 2. The summed E-state index contributed by atoms with van der Waals surface area (Å²) in [5.41, 5.74) is 7.21. The predicted molar refractivity (Wildman–Crippen MR) is 40.8 cm³/mol. The number of hydrogen-bond acceptors (Lipinski definition) is 2. The van der Waals surface area contributed by atoms with E-state index in [1.54, 1.807) is 0 Å². The lowest BCUT2D eigenvalue weighted by Gasteiger charge is -1.98. The van der Waals surface area contributed by atoms with E-state index in [1.807, 2.05) is 20.0 Å². The largest absolute Gasteiger partial charge is 0.403 e. The molecular weight excluding hydrogens is 112 g/mol. The molecule has 0 radical (unpaired) electrons. The molecule has 0 unspecified atom stereocenters. The van der Waals surface area contributed by atoms with Gasteiger partial charge in [-0.3, -0.25) is 0 Å². The van der Waals surface area contributed by atoms with Crippen molar-refractivity contribution in [3.8, 4) is 0 Å². The molecule has 0 bridgehead atoms. The van der Waals surface area contributed by atoms with Crippen molar-refractivity contribution >= 4 is 0 Å². The van der Waals surface area contributed by atoms with E-state index in [1.165, 1.54) is 0 Å². The number of rotatable bonds is 3. The van der Waals surface area contributed by atoms with E-state index in [0.29, 0.717) is 0 Å². The van der Waals surface area contributed by atoms with Gasteiger partial charge in [-0.15, -0.1) is 0 Å². The van der Waals surface area contributed by atoms with E-state index in [-0.39, 0.29) is 0 Å². The Hall–Kier alpha value is -0.920. The normalized spacial score (nSPS) is 11.1. The molecule has 0 aromatic heterocycles. The minimum absolute atomic E-state index is 0.818. The Kier molecular flexibility index (Phi) is 3.60. The van der Waals surface area contributed by atoms with Crippen LogP contribution in [0.2, 0.25) is 0 Å². The zero-order valence-electron chi connectivity index (χ0n) is 6.07. The minimum atomic E-state index is 0.818. The fraction of sp³-hybridized carbons (Fsp3) is 0.429. The van der Waals surface area contributed by atoms with Crippen molar-refractivity contribution in [3.05, 3.63) is 24.0 Å². The van der Waals surface area contributed by atoms with Gasteiger partial charge in [0.2, 0.25) is 0 Å². The maximum Gasteiger partial charge on any atom is 0.00701 e. The summed E-state index contributed by atoms with van der Waals surface area (Å²) in [6.45, 7) is 5.60. The summed E-state index contributed by atoms with van der Waals surface area (Å²) in [6.07, 6.45) is 2.75. The number of nitrogens with two attached hydrogens (primary N) is 1. The van der Waals surface area contributed by atoms with Gasteiger partial charge in [0.05, 0.1) is 0 Å². The van der Waals surface area contributed by atoms with Crippen molar-refractivity contribution in [3.63, 3.8) is 0 Å². The van der Waals surface area contributed by atoms with E-state index in [2.05, 4.69) is 11.9 Å². The average Bonchev–Trinajstić information content (AvgIpc) is 1.83. The van der Waals surface area contributed by atoms with Crippen LogP contribution in [-0.2, 0) is 0 Å². The summed E-state index contributed by atoms with van der Waals surface area (Å²) in [4.78, 5) is 0. The Bertz CT molecular complexity index is 121. The Balaban J connectivity index is 3.50. The van der Waals surface area contributed by atoms with Crippen molar-refractivity contribution < 1.29 is 0 Å². The third-order valence-electron chi connectivity index (χ3n) is 1.02. The quantitative estimate of drug-likeness (QED) is 0.591. The van der Waals surface area contributed by atoms with Gasteiger partial charge >= 0.3 is 0 Å². The second kappa shape index (κ2) is 4.01. The van der Waals surface area contributed by atoms with Crippen LogP contribution in [0.15, 0.2) is 24.0 Å². The molecule has 0 spiro atoms. The molecule has 3 N–H and O–H groups in total. The maximum absolute atomic E-state index is 5.39. The topological polar surface area (TPSA) is 38.0 Å². The number of allylic oxidation sites excluding steroid dienone is 2. The van der Waals surface area contributed by atoms with E-state index >= 15 is 0 Å². The van der Waals surface area contributed by atoms with Crippen molar-refractivity contribution in [2.24, 2.45) is 5.73 Å². The lowest BCUT2D eigenvalue weighted by atomic mass is 10.3. The summed E-state index contributed by atoms with van der Waals surface area (Å²) in [5, 5.41) is 2.93. The van der Waals surface area contributed by atoms with Crippen LogP contribution < -0.4 is 11.1 Å². The molecule has 0 aromatic carbocycles. The SMILES string of the molecule is C=C(C/C=C(/C)N)NC. The number of nitrogens with one attached hydrogen (secondary N) is 1. The van der Waals surface area contributed by atoms with Crippen molar-refractivity contribution in [1.29, 1.82) is 0 Å². The van der Waals surface area contributed by atoms with Crippen LogP contribution in [0.1, 0.15) is 13.3 Å². The van der Waals surface area contributed by atoms with Crippen molar-refractivity contribution in [1.82, 2.24) is 5.32 Å². The van der Waals surface area contributed by atoms with Gasteiger partial charge in [0, 0.05) is 24.9 Å². The summed E-state index contributed by atoms with van der Waals surface area (Å²) in [6, 6.07) is 0. The molecule has 0 saturated heterocycles. The fourth-order valence-electron chi connectivity index (χ4n) is 0.386.